The fourth-order valence-electron chi connectivity index (χ4n) is 4.32. The van der Waals surface area contributed by atoms with E-state index in [1.165, 1.54) is 13.0 Å². The fourth-order valence-corrected chi connectivity index (χ4v) is 6.00. The first-order valence-corrected chi connectivity index (χ1v) is 14.4. The molecule has 2 aromatic carbocycles. The third kappa shape index (κ3) is 7.00. The average molecular weight is 592 g/mol. The number of fused-ring (bicyclic) bond motifs is 1. The lowest BCUT2D eigenvalue weighted by Crippen LogP contribution is -2.40. The van der Waals surface area contributed by atoms with Crippen LogP contribution in [0.2, 0.25) is 0 Å². The number of aliphatic hydroxyl groups is 1. The van der Waals surface area contributed by atoms with Gasteiger partial charge >= 0.3 is 19.4 Å². The van der Waals surface area contributed by atoms with Crippen molar-refractivity contribution in [2.75, 3.05) is 0 Å². The smallest absolute Gasteiger partial charge is 0.460 e. The van der Waals surface area contributed by atoms with E-state index in [-0.39, 0.29) is 12.2 Å². The van der Waals surface area contributed by atoms with Gasteiger partial charge in [0, 0.05) is 11.8 Å². The molecule has 2 heterocycles. The number of rotatable bonds is 11. The van der Waals surface area contributed by atoms with Crippen LogP contribution >= 0.6 is 7.75 Å². The van der Waals surface area contributed by atoms with Crippen molar-refractivity contribution in [2.45, 2.75) is 63.9 Å². The molecule has 0 spiro atoms. The number of aromatic amines is 1. The standard InChI is InChI=1S/C27H31FN3O9P/c1-5-21(24-20(32)13-23(38-24)31-14-19(28)25(33)29-27(31)35)39-41(36,30-16(4)26(34)37-15(2)3)40-22-12-8-10-17-9-6-7-11-18(17)22/h5-12,14-16,20-21,23-24,32H,1,13H2,2-4H3,(H,30,36)(H,29,33,35)/t16-,20?,21+,23+,24-,41+/m0/s1. The molecule has 12 nitrogen and oxygen atoms in total. The van der Waals surface area contributed by atoms with Crippen LogP contribution in [0.4, 0.5) is 4.39 Å². The largest absolute Gasteiger partial charge is 0.462 e. The lowest BCUT2D eigenvalue weighted by molar-refractivity contribution is -0.149. The molecule has 4 rings (SSSR count). The van der Waals surface area contributed by atoms with Crippen LogP contribution in [0.25, 0.3) is 10.8 Å². The summed E-state index contributed by atoms with van der Waals surface area (Å²) in [6.45, 7) is 8.43. The lowest BCUT2D eigenvalue weighted by Gasteiger charge is -2.29. The normalized spacial score (nSPS) is 21.8. The molecule has 220 valence electrons. The van der Waals surface area contributed by atoms with Crippen LogP contribution in [0.1, 0.15) is 33.4 Å². The van der Waals surface area contributed by atoms with E-state index in [9.17, 15) is 28.4 Å². The van der Waals surface area contributed by atoms with Gasteiger partial charge in [-0.2, -0.15) is 9.48 Å². The number of esters is 1. The summed E-state index contributed by atoms with van der Waals surface area (Å²) >= 11 is 0. The molecule has 0 radical (unpaired) electrons. The number of hydrogen-bond donors (Lipinski definition) is 3. The quantitative estimate of drug-likeness (QED) is 0.172. The Balaban J connectivity index is 1.64. The van der Waals surface area contributed by atoms with E-state index in [2.05, 4.69) is 11.7 Å². The molecule has 6 atom stereocenters. The zero-order valence-electron chi connectivity index (χ0n) is 22.6. The molecular formula is C27H31FN3O9P. The first-order valence-electron chi connectivity index (χ1n) is 12.8. The van der Waals surface area contributed by atoms with Crippen LogP contribution in [-0.2, 0) is 23.4 Å². The monoisotopic (exact) mass is 591 g/mol. The molecule has 1 fully saturated rings. The van der Waals surface area contributed by atoms with Gasteiger partial charge in [-0.05, 0) is 32.2 Å². The molecule has 0 bridgehead atoms. The predicted molar refractivity (Wildman–Crippen MR) is 147 cm³/mol. The van der Waals surface area contributed by atoms with Crippen LogP contribution in [-0.4, -0.2) is 51.1 Å². The zero-order valence-corrected chi connectivity index (χ0v) is 23.5. The molecule has 1 saturated heterocycles. The summed E-state index contributed by atoms with van der Waals surface area (Å²) in [6, 6.07) is 11.1. The van der Waals surface area contributed by atoms with Crippen LogP contribution in [0.3, 0.4) is 0 Å². The van der Waals surface area contributed by atoms with Crippen molar-refractivity contribution in [3.05, 3.63) is 88.0 Å². The van der Waals surface area contributed by atoms with E-state index in [1.807, 2.05) is 23.2 Å². The Kier molecular flexibility index (Phi) is 9.25. The van der Waals surface area contributed by atoms with E-state index in [1.54, 1.807) is 38.1 Å². The highest BCUT2D eigenvalue weighted by atomic mass is 31.2. The zero-order chi connectivity index (χ0) is 29.9. The van der Waals surface area contributed by atoms with Crippen molar-refractivity contribution in [3.63, 3.8) is 0 Å². The van der Waals surface area contributed by atoms with Crippen LogP contribution in [0, 0.1) is 5.82 Å². The Bertz CT molecular complexity index is 1580. The first-order chi connectivity index (χ1) is 19.4. The number of carbonyl (C=O) groups is 1. The maximum Gasteiger partial charge on any atom is 0.460 e. The topological polar surface area (TPSA) is 158 Å². The van der Waals surface area contributed by atoms with E-state index in [0.29, 0.717) is 11.6 Å². The third-order valence-electron chi connectivity index (χ3n) is 6.21. The number of nitrogens with zero attached hydrogens (tertiary/aromatic N) is 1. The number of hydrogen-bond acceptors (Lipinski definition) is 9. The molecule has 1 unspecified atom stereocenters. The number of carbonyl (C=O) groups excluding carboxylic acids is 1. The van der Waals surface area contributed by atoms with Crippen LogP contribution in [0.5, 0.6) is 5.75 Å². The van der Waals surface area contributed by atoms with E-state index in [0.717, 1.165) is 9.95 Å². The van der Waals surface area contributed by atoms with E-state index < -0.39 is 67.5 Å². The molecule has 3 N–H and O–H groups in total. The minimum atomic E-state index is -4.46. The van der Waals surface area contributed by atoms with Crippen molar-refractivity contribution in [2.24, 2.45) is 0 Å². The summed E-state index contributed by atoms with van der Waals surface area (Å²) in [6.07, 6.45) is -3.78. The van der Waals surface area contributed by atoms with Gasteiger partial charge in [0.1, 0.15) is 30.2 Å². The summed E-state index contributed by atoms with van der Waals surface area (Å²) in [5, 5.41) is 14.8. The fraction of sp³-hybridized carbons (Fsp3) is 0.370. The Morgan fingerprint density at radius 1 is 1.24 bits per heavy atom. The van der Waals surface area contributed by atoms with Crippen molar-refractivity contribution in [1.82, 2.24) is 14.6 Å². The molecule has 0 aliphatic carbocycles. The van der Waals surface area contributed by atoms with Crippen LogP contribution < -0.4 is 20.9 Å². The molecule has 14 heteroatoms. The van der Waals surface area contributed by atoms with Gasteiger partial charge in [0.25, 0.3) is 5.56 Å². The number of nitrogens with one attached hydrogen (secondary N) is 2. The SMILES string of the molecule is C=C[C@@H](O[P@](=O)(N[C@@H](C)C(=O)OC(C)C)Oc1cccc2ccccc12)[C@H]1O[C@@H](n2cc(F)c(=O)[nH]c2=O)CC1O. The molecule has 0 amide bonds. The number of H-pyrrole nitrogens is 1. The number of benzene rings is 2. The Hall–Kier alpha value is -3.61. The minimum absolute atomic E-state index is 0.187. The van der Waals surface area contributed by atoms with E-state index >= 15 is 0 Å². The van der Waals surface area contributed by atoms with E-state index in [4.69, 9.17) is 18.5 Å². The molecule has 3 aromatic rings. The Morgan fingerprint density at radius 2 is 1.95 bits per heavy atom. The second-order valence-corrected chi connectivity index (χ2v) is 11.4. The van der Waals surface area contributed by atoms with Crippen molar-refractivity contribution < 1.29 is 37.4 Å². The highest BCUT2D eigenvalue weighted by Gasteiger charge is 2.44. The Labute approximate surface area is 234 Å². The second kappa shape index (κ2) is 12.5. The highest BCUT2D eigenvalue weighted by Crippen LogP contribution is 2.49. The number of aliphatic hydroxyl groups excluding tert-OH is 1. The molecule has 1 aliphatic heterocycles. The molecule has 1 aliphatic rings. The van der Waals surface area contributed by atoms with Crippen molar-refractivity contribution >= 4 is 24.5 Å². The van der Waals surface area contributed by atoms with Gasteiger partial charge in [-0.1, -0.05) is 42.5 Å². The van der Waals surface area contributed by atoms with Gasteiger partial charge in [0.05, 0.1) is 18.4 Å². The summed E-state index contributed by atoms with van der Waals surface area (Å²) in [5.74, 6) is -1.74. The average Bonchev–Trinajstić information content (AvgIpc) is 3.30. The van der Waals surface area contributed by atoms with Crippen molar-refractivity contribution in [3.8, 4) is 5.75 Å². The molecule has 1 aromatic heterocycles. The maximum absolute atomic E-state index is 14.3. The summed E-state index contributed by atoms with van der Waals surface area (Å²) in [5.41, 5.74) is -2.15. The molecular weight excluding hydrogens is 560 g/mol. The van der Waals surface area contributed by atoms with Gasteiger partial charge < -0.3 is 19.1 Å². The third-order valence-corrected chi connectivity index (χ3v) is 7.87. The summed E-state index contributed by atoms with van der Waals surface area (Å²) in [7, 11) is -4.46. The first kappa shape index (κ1) is 30.4. The molecule has 41 heavy (non-hydrogen) atoms. The van der Waals surface area contributed by atoms with Crippen molar-refractivity contribution in [1.29, 1.82) is 0 Å². The lowest BCUT2D eigenvalue weighted by atomic mass is 10.1. The Morgan fingerprint density at radius 3 is 2.66 bits per heavy atom. The van der Waals surface area contributed by atoms with Gasteiger partial charge in [0.2, 0.25) is 5.82 Å². The second-order valence-electron chi connectivity index (χ2n) is 9.71. The predicted octanol–water partition coefficient (Wildman–Crippen LogP) is 3.17. The number of halogens is 1. The molecule has 0 saturated carbocycles. The highest BCUT2D eigenvalue weighted by molar-refractivity contribution is 7.52. The minimum Gasteiger partial charge on any atom is -0.462 e. The summed E-state index contributed by atoms with van der Waals surface area (Å²) < 4.78 is 51.7. The summed E-state index contributed by atoms with van der Waals surface area (Å²) in [4.78, 5) is 38.0. The van der Waals surface area contributed by atoms with Gasteiger partial charge in [0.15, 0.2) is 0 Å². The van der Waals surface area contributed by atoms with Gasteiger partial charge in [-0.3, -0.25) is 23.7 Å². The van der Waals surface area contributed by atoms with Gasteiger partial charge in [-0.25, -0.2) is 9.36 Å². The number of ether oxygens (including phenoxy) is 2. The van der Waals surface area contributed by atoms with Crippen LogP contribution in [0.15, 0.2) is 70.9 Å². The van der Waals surface area contributed by atoms with Gasteiger partial charge in [-0.15, -0.1) is 6.58 Å². The maximum atomic E-state index is 14.3. The number of aromatic nitrogens is 2.